The number of benzene rings is 1. The molecule has 0 saturated heterocycles. The van der Waals surface area contributed by atoms with Crippen LogP contribution >= 0.6 is 23.8 Å². The molecule has 1 aromatic heterocycles. The van der Waals surface area contributed by atoms with Crippen molar-refractivity contribution in [3.63, 3.8) is 0 Å². The molecule has 2 aromatic rings. The topological polar surface area (TPSA) is 115 Å². The molecule has 2 N–H and O–H groups in total. The summed E-state index contributed by atoms with van der Waals surface area (Å²) < 4.78 is 16.8. The minimum Gasteiger partial charge on any atom is -0.480 e. The number of carboxylic acids is 1. The molecular formula is C15H14ClFN4O5S. The number of nitrogens with one attached hydrogen (secondary N) is 1. The Bertz CT molecular complexity index is 1100. The normalized spacial score (nSPS) is 11.9. The molecule has 0 bridgehead atoms. The lowest BCUT2D eigenvalue weighted by molar-refractivity contribution is -0.138. The predicted octanol–water partition coefficient (Wildman–Crippen LogP) is 0.600. The molecule has 144 valence electrons. The standard InChI is InChI=1S/C15H14ClFN4O5S/c1-6(12(23)24)18-11(22)7-4-10(9(17)5-8(7)16)21-13(25)19(2)15(27)20(3)14(21)26/h4-6H,1-3H3,(H,18,22)(H,23,24)/t6-/m0/s1. The van der Waals surface area contributed by atoms with Gasteiger partial charge >= 0.3 is 17.3 Å². The van der Waals surface area contributed by atoms with Crippen molar-refractivity contribution >= 4 is 35.7 Å². The zero-order valence-corrected chi connectivity index (χ0v) is 15.9. The second kappa shape index (κ2) is 7.45. The van der Waals surface area contributed by atoms with E-state index in [1.165, 1.54) is 21.0 Å². The largest absolute Gasteiger partial charge is 0.480 e. The van der Waals surface area contributed by atoms with Gasteiger partial charge in [0.2, 0.25) is 0 Å². The molecule has 0 saturated carbocycles. The number of carbonyl (C=O) groups is 2. The van der Waals surface area contributed by atoms with E-state index in [-0.39, 0.29) is 15.4 Å². The molecule has 0 aliphatic rings. The highest BCUT2D eigenvalue weighted by Crippen LogP contribution is 2.22. The Morgan fingerprint density at radius 1 is 1.22 bits per heavy atom. The predicted molar refractivity (Wildman–Crippen MR) is 96.6 cm³/mol. The van der Waals surface area contributed by atoms with Crippen LogP contribution in [0.2, 0.25) is 5.02 Å². The van der Waals surface area contributed by atoms with Gasteiger partial charge in [-0.15, -0.1) is 0 Å². The van der Waals surface area contributed by atoms with Crippen molar-refractivity contribution in [2.45, 2.75) is 13.0 Å². The molecule has 0 aliphatic heterocycles. The van der Waals surface area contributed by atoms with Crippen LogP contribution in [0.15, 0.2) is 21.7 Å². The fourth-order valence-corrected chi connectivity index (χ4v) is 2.59. The molecule has 27 heavy (non-hydrogen) atoms. The molecule has 12 heteroatoms. The lowest BCUT2D eigenvalue weighted by Gasteiger charge is -2.14. The Hall–Kier alpha value is -2.79. The maximum atomic E-state index is 14.4. The second-order valence-electron chi connectivity index (χ2n) is 5.62. The van der Waals surface area contributed by atoms with Crippen molar-refractivity contribution in [1.29, 1.82) is 0 Å². The molecule has 0 aliphatic carbocycles. The van der Waals surface area contributed by atoms with E-state index in [0.29, 0.717) is 4.57 Å². The molecule has 0 radical (unpaired) electrons. The van der Waals surface area contributed by atoms with Gasteiger partial charge in [0.1, 0.15) is 11.9 Å². The Morgan fingerprint density at radius 2 is 1.74 bits per heavy atom. The summed E-state index contributed by atoms with van der Waals surface area (Å²) in [5.41, 5.74) is -2.67. The lowest BCUT2D eigenvalue weighted by Crippen LogP contribution is -2.44. The number of rotatable bonds is 4. The molecule has 0 fully saturated rings. The van der Waals surface area contributed by atoms with E-state index in [4.69, 9.17) is 28.9 Å². The summed E-state index contributed by atoms with van der Waals surface area (Å²) >= 11 is 10.8. The summed E-state index contributed by atoms with van der Waals surface area (Å²) in [4.78, 5) is 48.0. The van der Waals surface area contributed by atoms with E-state index in [1.54, 1.807) is 0 Å². The quantitative estimate of drug-likeness (QED) is 0.705. The van der Waals surface area contributed by atoms with Gasteiger partial charge < -0.3 is 10.4 Å². The van der Waals surface area contributed by atoms with Crippen LogP contribution in [-0.4, -0.2) is 36.7 Å². The van der Waals surface area contributed by atoms with Crippen LogP contribution in [0.5, 0.6) is 0 Å². The van der Waals surface area contributed by atoms with E-state index in [9.17, 15) is 23.6 Å². The molecular weight excluding hydrogens is 403 g/mol. The monoisotopic (exact) mass is 416 g/mol. The number of hydrogen-bond donors (Lipinski definition) is 2. The number of aliphatic carboxylic acids is 1. The fourth-order valence-electron chi connectivity index (χ4n) is 2.20. The number of halogens is 2. The first kappa shape index (κ1) is 20.5. The van der Waals surface area contributed by atoms with E-state index in [0.717, 1.165) is 21.3 Å². The molecule has 0 unspecified atom stereocenters. The summed E-state index contributed by atoms with van der Waals surface area (Å²) in [6.07, 6.45) is 0. The highest BCUT2D eigenvalue weighted by atomic mass is 35.5. The van der Waals surface area contributed by atoms with Crippen LogP contribution in [0.4, 0.5) is 4.39 Å². The first-order chi connectivity index (χ1) is 12.5. The number of aromatic nitrogens is 3. The zero-order chi connectivity index (χ0) is 20.6. The van der Waals surface area contributed by atoms with Gasteiger partial charge in [-0.2, -0.15) is 0 Å². The second-order valence-corrected chi connectivity index (χ2v) is 6.39. The first-order valence-electron chi connectivity index (χ1n) is 7.39. The van der Waals surface area contributed by atoms with Crippen molar-refractivity contribution in [2.24, 2.45) is 14.1 Å². The number of amides is 1. The highest BCUT2D eigenvalue weighted by molar-refractivity contribution is 7.71. The number of carbonyl (C=O) groups excluding carboxylic acids is 1. The van der Waals surface area contributed by atoms with E-state index >= 15 is 0 Å². The van der Waals surface area contributed by atoms with E-state index in [1.807, 2.05) is 0 Å². The third-order valence-corrected chi connectivity index (χ3v) is 4.63. The number of nitrogens with zero attached hydrogens (tertiary/aromatic N) is 3. The van der Waals surface area contributed by atoms with Crippen molar-refractivity contribution in [1.82, 2.24) is 19.0 Å². The average Bonchev–Trinajstić information content (AvgIpc) is 2.59. The summed E-state index contributed by atoms with van der Waals surface area (Å²) in [6, 6.07) is 0.410. The Labute approximate surface area is 161 Å². The third kappa shape index (κ3) is 3.69. The molecule has 1 amide bonds. The van der Waals surface area contributed by atoms with Crippen molar-refractivity contribution < 1.29 is 19.1 Å². The molecule has 1 heterocycles. The summed E-state index contributed by atoms with van der Waals surface area (Å²) in [5.74, 6) is -3.23. The molecule has 9 nitrogen and oxygen atoms in total. The van der Waals surface area contributed by atoms with Crippen LogP contribution < -0.4 is 16.7 Å². The molecule has 2 rings (SSSR count). The van der Waals surface area contributed by atoms with Gasteiger partial charge in [0.25, 0.3) is 5.91 Å². The summed E-state index contributed by atoms with van der Waals surface area (Å²) in [7, 11) is 2.60. The van der Waals surface area contributed by atoms with Gasteiger partial charge in [-0.3, -0.25) is 18.7 Å². The van der Waals surface area contributed by atoms with Crippen LogP contribution in [0, 0.1) is 10.6 Å². The van der Waals surface area contributed by atoms with Crippen LogP contribution in [0.25, 0.3) is 5.69 Å². The van der Waals surface area contributed by atoms with Gasteiger partial charge in [-0.05, 0) is 31.3 Å². The Kier molecular flexibility index (Phi) is 5.66. The SMILES string of the molecule is C[C@H](NC(=O)c1cc(-n2c(=O)n(C)c(=S)n(C)c2=O)c(F)cc1Cl)C(=O)O. The first-order valence-corrected chi connectivity index (χ1v) is 8.18. The van der Waals surface area contributed by atoms with Gasteiger partial charge in [0.05, 0.1) is 16.3 Å². The minimum atomic E-state index is -1.29. The van der Waals surface area contributed by atoms with E-state index < -0.39 is 40.8 Å². The fraction of sp³-hybridized carbons (Fsp3) is 0.267. The maximum Gasteiger partial charge on any atom is 0.338 e. The van der Waals surface area contributed by atoms with Crippen LogP contribution in [0.1, 0.15) is 17.3 Å². The van der Waals surface area contributed by atoms with Gasteiger partial charge in [0.15, 0.2) is 4.77 Å². The van der Waals surface area contributed by atoms with Crippen molar-refractivity contribution in [2.75, 3.05) is 0 Å². The van der Waals surface area contributed by atoms with Gasteiger partial charge in [-0.1, -0.05) is 11.6 Å². The van der Waals surface area contributed by atoms with Crippen molar-refractivity contribution in [3.8, 4) is 5.69 Å². The molecule has 1 aromatic carbocycles. The summed E-state index contributed by atoms with van der Waals surface area (Å²) in [6.45, 7) is 1.22. The minimum absolute atomic E-state index is 0.0797. The highest BCUT2D eigenvalue weighted by Gasteiger charge is 2.22. The maximum absolute atomic E-state index is 14.4. The van der Waals surface area contributed by atoms with Crippen LogP contribution in [-0.2, 0) is 18.9 Å². The number of carboxylic acid groups (broad SMARTS) is 1. The van der Waals surface area contributed by atoms with Gasteiger partial charge in [0, 0.05) is 14.1 Å². The van der Waals surface area contributed by atoms with Crippen molar-refractivity contribution in [3.05, 3.63) is 54.3 Å². The lowest BCUT2D eigenvalue weighted by atomic mass is 10.1. The Morgan fingerprint density at radius 3 is 2.22 bits per heavy atom. The molecule has 0 spiro atoms. The van der Waals surface area contributed by atoms with Crippen LogP contribution in [0.3, 0.4) is 0 Å². The zero-order valence-electron chi connectivity index (χ0n) is 14.3. The van der Waals surface area contributed by atoms with E-state index in [2.05, 4.69) is 5.32 Å². The number of hydrogen-bond acceptors (Lipinski definition) is 5. The average molecular weight is 417 g/mol. The third-order valence-electron chi connectivity index (χ3n) is 3.77. The summed E-state index contributed by atoms with van der Waals surface area (Å²) in [5, 5.41) is 10.7. The smallest absolute Gasteiger partial charge is 0.338 e. The Balaban J connectivity index is 2.74. The van der Waals surface area contributed by atoms with Gasteiger partial charge in [-0.25, -0.2) is 18.5 Å². The molecule has 1 atom stereocenters.